The van der Waals surface area contributed by atoms with Gasteiger partial charge < -0.3 is 74.1 Å². The van der Waals surface area contributed by atoms with Crippen LogP contribution in [0.5, 0.6) is 0 Å². The number of amides is 2. The van der Waals surface area contributed by atoms with Crippen LogP contribution in [0.3, 0.4) is 0 Å². The SMILES string of the molecule is CC/C=C\C/C=C\C/C=C\C/C=C\C/C=C\CCCCCCCCCCCCC[C@@H](O)CC(=O)SCCNC(=O)CCNC(=O)[C@H](O)C(C)(C)COP(=O)([O-])OP(=O)([O-])OC[C@H]1O[C@@H](n2cnc3c(N)ncnc32)[C@H](O)[C@@H]1OP(=O)([O-])[O-]. The van der Waals surface area contributed by atoms with E-state index in [0.29, 0.717) is 6.42 Å². The molecule has 25 nitrogen and oxygen atoms in total. The molecule has 0 spiro atoms. The topological polar surface area (TPSA) is 395 Å². The van der Waals surface area contributed by atoms with Crippen LogP contribution in [0.1, 0.15) is 155 Å². The van der Waals surface area contributed by atoms with Gasteiger partial charge in [0.25, 0.3) is 15.6 Å². The molecule has 2 aromatic rings. The first kappa shape index (κ1) is 72.5. The largest absolute Gasteiger partial charge is 0.790 e. The number of fused-ring (bicyclic) bond motifs is 1. The molecule has 8 atom stereocenters. The maximum Gasteiger partial charge on any atom is 0.274 e. The number of phosphoric ester groups is 3. The minimum absolute atomic E-state index is 0.00725. The van der Waals surface area contributed by atoms with Gasteiger partial charge in [-0.15, -0.1) is 0 Å². The van der Waals surface area contributed by atoms with Crippen molar-refractivity contribution in [3.8, 4) is 0 Å². The van der Waals surface area contributed by atoms with Crippen molar-refractivity contribution in [1.29, 1.82) is 0 Å². The molecule has 7 N–H and O–H groups in total. The molecule has 1 fully saturated rings. The summed E-state index contributed by atoms with van der Waals surface area (Å²) >= 11 is 0.988. The number of nitrogens with two attached hydrogens (primary N) is 1. The summed E-state index contributed by atoms with van der Waals surface area (Å²) < 4.78 is 61.0. The first-order chi connectivity index (χ1) is 38.9. The molecule has 82 heavy (non-hydrogen) atoms. The van der Waals surface area contributed by atoms with Crippen LogP contribution in [0.4, 0.5) is 5.82 Å². The van der Waals surface area contributed by atoms with Gasteiger partial charge in [0.2, 0.25) is 11.8 Å². The number of aromatic nitrogens is 4. The molecule has 464 valence electrons. The number of rotatable bonds is 44. The lowest BCUT2D eigenvalue weighted by Gasteiger charge is -2.36. The van der Waals surface area contributed by atoms with Crippen molar-refractivity contribution < 1.29 is 85.6 Å². The van der Waals surface area contributed by atoms with E-state index in [1.54, 1.807) is 0 Å². The van der Waals surface area contributed by atoms with Crippen molar-refractivity contribution in [2.45, 2.75) is 186 Å². The van der Waals surface area contributed by atoms with Crippen molar-refractivity contribution in [2.75, 3.05) is 37.8 Å². The number of anilines is 1. The van der Waals surface area contributed by atoms with Gasteiger partial charge in [-0.2, -0.15) is 0 Å². The molecule has 0 aliphatic carbocycles. The van der Waals surface area contributed by atoms with Gasteiger partial charge >= 0.3 is 0 Å². The first-order valence-electron chi connectivity index (χ1n) is 27.9. The number of aliphatic hydroxyl groups is 3. The number of phosphoric acid groups is 3. The number of hydrogen-bond acceptors (Lipinski definition) is 23. The zero-order valence-electron chi connectivity index (χ0n) is 47.2. The molecule has 2 amide bonds. The van der Waals surface area contributed by atoms with Gasteiger partial charge in [-0.25, -0.2) is 19.3 Å². The quantitative estimate of drug-likeness (QED) is 0.0263. The Morgan fingerprint density at radius 2 is 1.35 bits per heavy atom. The number of imidazole rings is 1. The number of nitrogens with one attached hydrogen (secondary N) is 2. The van der Waals surface area contributed by atoms with E-state index in [1.807, 2.05) is 0 Å². The maximum absolute atomic E-state index is 12.7. The van der Waals surface area contributed by atoms with Crippen LogP contribution >= 0.6 is 35.2 Å². The lowest BCUT2D eigenvalue weighted by Crippen LogP contribution is -2.46. The van der Waals surface area contributed by atoms with Crippen LogP contribution in [-0.2, 0) is 50.7 Å². The standard InChI is InChI=1S/C53H88N7O18P3S/c1-4-5-6-7-8-9-10-11-12-13-14-15-16-17-18-19-20-21-22-23-24-25-26-27-28-29-30-31-41(61)36-44(63)82-35-34-55-43(62)32-33-56-51(66)48(65)53(2,3)38-75-81(72,73)78-80(70,71)74-37-42-47(77-79(67,68)69)46(64)52(76-42)60-40-59-45-49(54)57-39-58-50(45)60/h5-6,8-9,11-12,14-15,17-18,39-42,46-48,52,61,64-65H,4,7,10,13,16,19-38H2,1-3H3,(H,55,62)(H,56,66)(H,70,71)(H,72,73)(H2,54,57,58)(H2,67,68,69)/p-4/b6-5-,9-8-,12-11-,15-14-,18-17-/t41-,42-,46-,47-,48+,52-/m1/s1. The fraction of sp³-hybridized carbons (Fsp3) is 0.660. The summed E-state index contributed by atoms with van der Waals surface area (Å²) in [5.74, 6) is -1.34. The molecule has 29 heteroatoms. The number of aliphatic hydroxyl groups excluding tert-OH is 3. The lowest BCUT2D eigenvalue weighted by atomic mass is 9.87. The summed E-state index contributed by atoms with van der Waals surface area (Å²) in [7, 11) is -17.7. The van der Waals surface area contributed by atoms with Gasteiger partial charge in [0.1, 0.15) is 36.3 Å². The van der Waals surface area contributed by atoms with E-state index in [0.717, 1.165) is 93.2 Å². The van der Waals surface area contributed by atoms with Crippen LogP contribution in [0.15, 0.2) is 73.4 Å². The smallest absolute Gasteiger partial charge is 0.274 e. The van der Waals surface area contributed by atoms with Gasteiger partial charge in [-0.3, -0.25) is 28.1 Å². The number of thioether (sulfide) groups is 1. The van der Waals surface area contributed by atoms with Gasteiger partial charge in [0.15, 0.2) is 22.8 Å². The van der Waals surface area contributed by atoms with Gasteiger partial charge in [-0.1, -0.05) is 158 Å². The minimum atomic E-state index is -5.94. The second-order valence-electron chi connectivity index (χ2n) is 20.2. The van der Waals surface area contributed by atoms with Gasteiger partial charge in [0.05, 0.1) is 33.5 Å². The maximum atomic E-state index is 12.7. The monoisotopic (exact) mass is 1230 g/mol. The number of nitrogens with zero attached hydrogens (tertiary/aromatic N) is 4. The zero-order chi connectivity index (χ0) is 60.4. The fourth-order valence-corrected chi connectivity index (χ4v) is 11.7. The molecule has 0 radical (unpaired) electrons. The summed E-state index contributed by atoms with van der Waals surface area (Å²) in [6, 6.07) is 0. The third-order valence-corrected chi connectivity index (χ3v) is 16.6. The summed E-state index contributed by atoms with van der Waals surface area (Å²) in [5, 5.41) is 36.6. The van der Waals surface area contributed by atoms with Crippen molar-refractivity contribution >= 4 is 69.1 Å². The Hall–Kier alpha value is -3.78. The molecule has 3 rings (SSSR count). The fourth-order valence-electron chi connectivity index (χ4n) is 8.23. The van der Waals surface area contributed by atoms with E-state index >= 15 is 0 Å². The van der Waals surface area contributed by atoms with Crippen LogP contribution in [0.25, 0.3) is 11.2 Å². The van der Waals surface area contributed by atoms with E-state index in [-0.39, 0.29) is 53.8 Å². The van der Waals surface area contributed by atoms with E-state index in [2.05, 4.69) is 111 Å². The summed E-state index contributed by atoms with van der Waals surface area (Å²) in [6.07, 6.45) is 33.4. The van der Waals surface area contributed by atoms with Gasteiger partial charge in [-0.05, 0) is 51.4 Å². The highest BCUT2D eigenvalue weighted by Crippen LogP contribution is 2.56. The van der Waals surface area contributed by atoms with E-state index in [4.69, 9.17) is 10.5 Å². The Balaban J connectivity index is 1.18. The molecular weight excluding hydrogens is 1150 g/mol. The molecule has 2 unspecified atom stereocenters. The lowest BCUT2D eigenvalue weighted by molar-refractivity contribution is -0.347. The number of ether oxygens (including phenoxy) is 1. The molecule has 2 aromatic heterocycles. The Bertz CT molecular complexity index is 2530. The van der Waals surface area contributed by atoms with E-state index in [9.17, 15) is 63.0 Å². The highest BCUT2D eigenvalue weighted by Gasteiger charge is 2.47. The average Bonchev–Trinajstić information content (AvgIpc) is 4.16. The molecule has 0 bridgehead atoms. The first-order valence-corrected chi connectivity index (χ1v) is 33.2. The van der Waals surface area contributed by atoms with Crippen LogP contribution in [0.2, 0.25) is 0 Å². The second kappa shape index (κ2) is 39.0. The average molecular weight is 1230 g/mol. The number of carbonyl (C=O) groups excluding carboxylic acids is 3. The van der Waals surface area contributed by atoms with Crippen molar-refractivity contribution in [3.63, 3.8) is 0 Å². The van der Waals surface area contributed by atoms with Crippen molar-refractivity contribution in [2.24, 2.45) is 5.41 Å². The van der Waals surface area contributed by atoms with Crippen LogP contribution < -0.4 is 35.9 Å². The second-order valence-corrected chi connectivity index (χ2v) is 25.5. The molecule has 0 saturated carbocycles. The van der Waals surface area contributed by atoms with E-state index < -0.39 is 90.7 Å². The van der Waals surface area contributed by atoms with Crippen molar-refractivity contribution in [1.82, 2.24) is 30.2 Å². The predicted molar refractivity (Wildman–Crippen MR) is 303 cm³/mol. The summed E-state index contributed by atoms with van der Waals surface area (Å²) in [5.41, 5.74) is 4.07. The number of nitrogen functional groups attached to an aromatic ring is 1. The molecule has 0 aromatic carbocycles. The Labute approximate surface area is 485 Å². The molecule has 1 saturated heterocycles. The van der Waals surface area contributed by atoms with Crippen LogP contribution in [0, 0.1) is 5.41 Å². The number of unbranched alkanes of at least 4 members (excludes halogenated alkanes) is 11. The number of hydrogen-bond donors (Lipinski definition) is 6. The summed E-state index contributed by atoms with van der Waals surface area (Å²) in [6.45, 7) is 2.13. The predicted octanol–water partition coefficient (Wildman–Crippen LogP) is 5.71. The normalized spacial score (nSPS) is 19.5. The Morgan fingerprint density at radius 1 is 0.793 bits per heavy atom. The van der Waals surface area contributed by atoms with Gasteiger partial charge in [0, 0.05) is 37.1 Å². The third-order valence-electron chi connectivity index (χ3n) is 12.7. The number of carbonyl (C=O) groups is 3. The molecule has 1 aliphatic rings. The van der Waals surface area contributed by atoms with Crippen LogP contribution in [-0.4, -0.2) is 114 Å². The Morgan fingerprint density at radius 3 is 1.95 bits per heavy atom. The Kier molecular flexibility index (Phi) is 34.5. The highest BCUT2D eigenvalue weighted by molar-refractivity contribution is 8.13. The minimum Gasteiger partial charge on any atom is -0.790 e. The number of allylic oxidation sites excluding steroid dienone is 10. The molecular formula is C53H84N7O18P3S-4. The third kappa shape index (κ3) is 30.3. The summed E-state index contributed by atoms with van der Waals surface area (Å²) in [4.78, 5) is 97.3. The molecule has 3 heterocycles. The molecule has 1 aliphatic heterocycles. The van der Waals surface area contributed by atoms with Crippen molar-refractivity contribution in [3.05, 3.63) is 73.4 Å². The zero-order valence-corrected chi connectivity index (χ0v) is 50.7. The van der Waals surface area contributed by atoms with E-state index in [1.165, 1.54) is 58.8 Å². The highest BCUT2D eigenvalue weighted by atomic mass is 32.2.